The zero-order chi connectivity index (χ0) is 13.8. The molecular formula is C16H17BrClN. The van der Waals surface area contributed by atoms with Gasteiger partial charge in [-0.3, -0.25) is 0 Å². The Balaban J connectivity index is 2.08. The first-order valence-corrected chi connectivity index (χ1v) is 7.51. The van der Waals surface area contributed by atoms with Gasteiger partial charge in [-0.15, -0.1) is 0 Å². The zero-order valence-corrected chi connectivity index (χ0v) is 13.4. The van der Waals surface area contributed by atoms with Crippen LogP contribution < -0.4 is 5.32 Å². The number of benzene rings is 2. The fourth-order valence-electron chi connectivity index (χ4n) is 2.14. The van der Waals surface area contributed by atoms with Crippen molar-refractivity contribution in [1.29, 1.82) is 0 Å². The standard InChI is InChI=1S/C16H17BrClN/c1-11(13-7-9-14(18)10-8-13)19-12(2)15-5-3-4-6-16(15)17/h3-12,19H,1-2H3/t11-,12?/m1/s1. The Hall–Kier alpha value is -0.830. The predicted molar refractivity (Wildman–Crippen MR) is 85.6 cm³/mol. The van der Waals surface area contributed by atoms with Gasteiger partial charge < -0.3 is 5.32 Å². The molecular weight excluding hydrogens is 322 g/mol. The Morgan fingerprint density at radius 2 is 1.58 bits per heavy atom. The summed E-state index contributed by atoms with van der Waals surface area (Å²) in [7, 11) is 0. The highest BCUT2D eigenvalue weighted by Crippen LogP contribution is 2.25. The molecule has 0 saturated heterocycles. The molecule has 0 aliphatic rings. The van der Waals surface area contributed by atoms with Crippen molar-refractivity contribution < 1.29 is 0 Å². The summed E-state index contributed by atoms with van der Waals surface area (Å²) < 4.78 is 1.14. The molecule has 0 saturated carbocycles. The van der Waals surface area contributed by atoms with Crippen LogP contribution in [0.1, 0.15) is 37.1 Å². The molecule has 0 aliphatic carbocycles. The van der Waals surface area contributed by atoms with E-state index in [0.717, 1.165) is 9.50 Å². The van der Waals surface area contributed by atoms with Crippen LogP contribution in [0.15, 0.2) is 53.0 Å². The molecule has 100 valence electrons. The van der Waals surface area contributed by atoms with Crippen molar-refractivity contribution in [3.63, 3.8) is 0 Å². The van der Waals surface area contributed by atoms with Gasteiger partial charge in [0.1, 0.15) is 0 Å². The average Bonchev–Trinajstić information content (AvgIpc) is 2.39. The Morgan fingerprint density at radius 1 is 0.947 bits per heavy atom. The number of hydrogen-bond acceptors (Lipinski definition) is 1. The molecule has 2 rings (SSSR count). The second-order valence-corrected chi connectivity index (χ2v) is 5.97. The van der Waals surface area contributed by atoms with Gasteiger partial charge in [0.05, 0.1) is 0 Å². The van der Waals surface area contributed by atoms with Gasteiger partial charge >= 0.3 is 0 Å². The highest BCUT2D eigenvalue weighted by atomic mass is 79.9. The quantitative estimate of drug-likeness (QED) is 0.774. The van der Waals surface area contributed by atoms with Crippen LogP contribution in [0.2, 0.25) is 5.02 Å². The molecule has 0 spiro atoms. The fraction of sp³-hybridized carbons (Fsp3) is 0.250. The van der Waals surface area contributed by atoms with E-state index >= 15 is 0 Å². The SMILES string of the molecule is CC(N[C@H](C)c1ccc(Cl)cc1)c1ccccc1Br. The maximum atomic E-state index is 5.91. The van der Waals surface area contributed by atoms with Crippen molar-refractivity contribution in [1.82, 2.24) is 5.32 Å². The van der Waals surface area contributed by atoms with Crippen LogP contribution in [0, 0.1) is 0 Å². The normalized spacial score (nSPS) is 14.1. The lowest BCUT2D eigenvalue weighted by molar-refractivity contribution is 0.493. The first kappa shape index (κ1) is 14.6. The van der Waals surface area contributed by atoms with E-state index in [0.29, 0.717) is 0 Å². The predicted octanol–water partition coefficient (Wildman–Crippen LogP) is 5.51. The van der Waals surface area contributed by atoms with E-state index in [9.17, 15) is 0 Å². The van der Waals surface area contributed by atoms with E-state index < -0.39 is 0 Å². The Morgan fingerprint density at radius 3 is 2.21 bits per heavy atom. The molecule has 0 heterocycles. The van der Waals surface area contributed by atoms with Gasteiger partial charge in [0, 0.05) is 21.6 Å². The Labute approximate surface area is 128 Å². The third-order valence-corrected chi connectivity index (χ3v) is 4.22. The molecule has 1 unspecified atom stereocenters. The van der Waals surface area contributed by atoms with Crippen molar-refractivity contribution in [2.24, 2.45) is 0 Å². The van der Waals surface area contributed by atoms with Crippen LogP contribution in [0.5, 0.6) is 0 Å². The number of nitrogens with one attached hydrogen (secondary N) is 1. The lowest BCUT2D eigenvalue weighted by Crippen LogP contribution is -2.22. The van der Waals surface area contributed by atoms with Crippen molar-refractivity contribution in [3.8, 4) is 0 Å². The number of hydrogen-bond donors (Lipinski definition) is 1. The maximum Gasteiger partial charge on any atom is 0.0406 e. The van der Waals surface area contributed by atoms with Crippen LogP contribution in [-0.4, -0.2) is 0 Å². The monoisotopic (exact) mass is 337 g/mol. The van der Waals surface area contributed by atoms with Crippen molar-refractivity contribution in [3.05, 3.63) is 69.2 Å². The summed E-state index contributed by atoms with van der Waals surface area (Å²) in [5.41, 5.74) is 2.51. The highest BCUT2D eigenvalue weighted by molar-refractivity contribution is 9.10. The summed E-state index contributed by atoms with van der Waals surface area (Å²) in [4.78, 5) is 0. The second kappa shape index (κ2) is 6.56. The summed E-state index contributed by atoms with van der Waals surface area (Å²) in [5.74, 6) is 0. The molecule has 1 nitrogen and oxygen atoms in total. The van der Waals surface area contributed by atoms with E-state index in [4.69, 9.17) is 11.6 Å². The van der Waals surface area contributed by atoms with Crippen molar-refractivity contribution in [2.45, 2.75) is 25.9 Å². The summed E-state index contributed by atoms with van der Waals surface area (Å²) in [5, 5.41) is 4.37. The fourth-order valence-corrected chi connectivity index (χ4v) is 2.89. The molecule has 0 aliphatic heterocycles. The van der Waals surface area contributed by atoms with E-state index in [-0.39, 0.29) is 12.1 Å². The molecule has 1 N–H and O–H groups in total. The van der Waals surface area contributed by atoms with Gasteiger partial charge in [-0.25, -0.2) is 0 Å². The van der Waals surface area contributed by atoms with Gasteiger partial charge in [0.25, 0.3) is 0 Å². The largest absolute Gasteiger partial charge is 0.304 e. The Kier molecular flexibility index (Phi) is 5.03. The lowest BCUT2D eigenvalue weighted by Gasteiger charge is -2.21. The Bertz CT molecular complexity index is 539. The third-order valence-electron chi connectivity index (χ3n) is 3.24. The summed E-state index contributed by atoms with van der Waals surface area (Å²) >= 11 is 9.51. The van der Waals surface area contributed by atoms with Crippen LogP contribution >= 0.6 is 27.5 Å². The average molecular weight is 339 g/mol. The molecule has 19 heavy (non-hydrogen) atoms. The van der Waals surface area contributed by atoms with Gasteiger partial charge in [0.2, 0.25) is 0 Å². The highest BCUT2D eigenvalue weighted by Gasteiger charge is 2.12. The minimum Gasteiger partial charge on any atom is -0.304 e. The second-order valence-electron chi connectivity index (χ2n) is 4.68. The van der Waals surface area contributed by atoms with E-state index in [2.05, 4.69) is 65.4 Å². The molecule has 0 radical (unpaired) electrons. The zero-order valence-electron chi connectivity index (χ0n) is 11.0. The molecule has 0 fully saturated rings. The summed E-state index contributed by atoms with van der Waals surface area (Å²) in [6.07, 6.45) is 0. The molecule has 2 aromatic carbocycles. The van der Waals surface area contributed by atoms with Crippen molar-refractivity contribution >= 4 is 27.5 Å². The van der Waals surface area contributed by atoms with Gasteiger partial charge in [0.15, 0.2) is 0 Å². The maximum absolute atomic E-state index is 5.91. The summed E-state index contributed by atoms with van der Waals surface area (Å²) in [6.45, 7) is 4.34. The van der Waals surface area contributed by atoms with Crippen molar-refractivity contribution in [2.75, 3.05) is 0 Å². The van der Waals surface area contributed by atoms with Gasteiger partial charge in [-0.1, -0.05) is 57.9 Å². The molecule has 2 aromatic rings. The smallest absolute Gasteiger partial charge is 0.0406 e. The molecule has 3 heteroatoms. The van der Waals surface area contributed by atoms with Crippen LogP contribution in [0.4, 0.5) is 0 Å². The molecule has 0 aromatic heterocycles. The van der Waals surface area contributed by atoms with E-state index in [1.54, 1.807) is 0 Å². The van der Waals surface area contributed by atoms with E-state index in [1.807, 2.05) is 18.2 Å². The summed E-state index contributed by atoms with van der Waals surface area (Å²) in [6, 6.07) is 16.8. The first-order valence-electron chi connectivity index (χ1n) is 6.34. The molecule has 0 amide bonds. The minimum absolute atomic E-state index is 0.277. The molecule has 0 bridgehead atoms. The first-order chi connectivity index (χ1) is 9.08. The molecule has 2 atom stereocenters. The minimum atomic E-state index is 0.277. The third kappa shape index (κ3) is 3.82. The van der Waals surface area contributed by atoms with E-state index in [1.165, 1.54) is 11.1 Å². The lowest BCUT2D eigenvalue weighted by atomic mass is 10.0. The van der Waals surface area contributed by atoms with Gasteiger partial charge in [-0.2, -0.15) is 0 Å². The topological polar surface area (TPSA) is 12.0 Å². The number of halogens is 2. The van der Waals surface area contributed by atoms with Crippen LogP contribution in [0.25, 0.3) is 0 Å². The number of rotatable bonds is 4. The van der Waals surface area contributed by atoms with Crippen LogP contribution in [-0.2, 0) is 0 Å². The van der Waals surface area contributed by atoms with Crippen LogP contribution in [0.3, 0.4) is 0 Å². The van der Waals surface area contributed by atoms with Gasteiger partial charge in [-0.05, 0) is 43.2 Å².